The van der Waals surface area contributed by atoms with Crippen LogP contribution >= 0.6 is 0 Å². The number of rotatable bonds is 8. The average molecular weight is 260 g/mol. The zero-order valence-electron chi connectivity index (χ0n) is 9.88. The molecule has 0 aliphatic rings. The maximum atomic E-state index is 11.3. The first-order chi connectivity index (χ1) is 8.23. The van der Waals surface area contributed by atoms with Crippen molar-refractivity contribution in [3.63, 3.8) is 0 Å². The fraction of sp³-hybridized carbons (Fsp3) is 0.600. The van der Waals surface area contributed by atoms with Gasteiger partial charge in [0, 0.05) is 6.42 Å². The van der Waals surface area contributed by atoms with Gasteiger partial charge >= 0.3 is 11.9 Å². The number of hydrogen-bond donors (Lipinski definition) is 4. The van der Waals surface area contributed by atoms with Gasteiger partial charge in [0.25, 0.3) is 0 Å². The number of carboxylic acid groups (broad SMARTS) is 2. The molecular formula is C10H16N2O6. The predicted molar refractivity (Wildman–Crippen MR) is 59.7 cm³/mol. The molecule has 0 aliphatic heterocycles. The molecular weight excluding hydrogens is 244 g/mol. The average Bonchev–Trinajstić information content (AvgIpc) is 2.23. The molecule has 1 amide bonds. The topological polar surface area (TPSA) is 147 Å². The summed E-state index contributed by atoms with van der Waals surface area (Å²) in [5.74, 6) is -3.69. The third kappa shape index (κ3) is 6.59. The molecule has 0 rings (SSSR count). The molecule has 5 N–H and O–H groups in total. The van der Waals surface area contributed by atoms with Crippen molar-refractivity contribution in [3.05, 3.63) is 0 Å². The largest absolute Gasteiger partial charge is 0.481 e. The quantitative estimate of drug-likeness (QED) is 0.425. The summed E-state index contributed by atoms with van der Waals surface area (Å²) in [5, 5.41) is 19.2. The van der Waals surface area contributed by atoms with E-state index < -0.39 is 36.4 Å². The molecule has 0 aromatic carbocycles. The standard InChI is InChI=1S/C10H16N2O6/c1-5(13)6(11)2-3-8(14)12-7(10(17)18)4-9(15)16/h6-7H,2-4,11H2,1H3,(H,12,14)(H,15,16)(H,17,18). The summed E-state index contributed by atoms with van der Waals surface area (Å²) in [6.07, 6.45) is -0.759. The Labute approximate surface area is 103 Å². The second kappa shape index (κ2) is 7.38. The van der Waals surface area contributed by atoms with E-state index in [0.717, 1.165) is 0 Å². The van der Waals surface area contributed by atoms with E-state index >= 15 is 0 Å². The van der Waals surface area contributed by atoms with Gasteiger partial charge in [-0.2, -0.15) is 0 Å². The van der Waals surface area contributed by atoms with E-state index in [-0.39, 0.29) is 18.6 Å². The molecule has 0 bridgehead atoms. The molecule has 0 aromatic rings. The predicted octanol–water partition coefficient (Wildman–Crippen LogP) is -1.27. The molecule has 2 unspecified atom stereocenters. The molecule has 8 nitrogen and oxygen atoms in total. The highest BCUT2D eigenvalue weighted by Gasteiger charge is 2.23. The summed E-state index contributed by atoms with van der Waals surface area (Å²) >= 11 is 0. The first kappa shape index (κ1) is 16.0. The summed E-state index contributed by atoms with van der Waals surface area (Å²) < 4.78 is 0. The molecule has 0 saturated carbocycles. The Kier molecular flexibility index (Phi) is 6.58. The SMILES string of the molecule is CC(=O)C(N)CCC(=O)NC(CC(=O)O)C(=O)O. The minimum Gasteiger partial charge on any atom is -0.481 e. The molecule has 102 valence electrons. The summed E-state index contributed by atoms with van der Waals surface area (Å²) in [7, 11) is 0. The van der Waals surface area contributed by atoms with E-state index in [0.29, 0.717) is 0 Å². The molecule has 2 atom stereocenters. The van der Waals surface area contributed by atoms with E-state index in [2.05, 4.69) is 5.32 Å². The third-order valence-electron chi connectivity index (χ3n) is 2.22. The molecule has 0 spiro atoms. The van der Waals surface area contributed by atoms with E-state index in [1.807, 2.05) is 0 Å². The van der Waals surface area contributed by atoms with Gasteiger partial charge in [0.1, 0.15) is 11.8 Å². The highest BCUT2D eigenvalue weighted by molar-refractivity contribution is 5.87. The molecule has 18 heavy (non-hydrogen) atoms. The number of nitrogens with one attached hydrogen (secondary N) is 1. The lowest BCUT2D eigenvalue weighted by Crippen LogP contribution is -2.42. The minimum atomic E-state index is -1.48. The lowest BCUT2D eigenvalue weighted by Gasteiger charge is -2.13. The van der Waals surface area contributed by atoms with Crippen molar-refractivity contribution in [2.45, 2.75) is 38.3 Å². The number of hydrogen-bond acceptors (Lipinski definition) is 5. The van der Waals surface area contributed by atoms with Crippen LogP contribution in [0.2, 0.25) is 0 Å². The summed E-state index contributed by atoms with van der Waals surface area (Å²) in [6, 6.07) is -2.26. The summed E-state index contributed by atoms with van der Waals surface area (Å²) in [5.41, 5.74) is 5.40. The zero-order valence-corrected chi connectivity index (χ0v) is 9.88. The number of carbonyl (C=O) groups excluding carboxylic acids is 2. The smallest absolute Gasteiger partial charge is 0.326 e. The maximum absolute atomic E-state index is 11.3. The lowest BCUT2D eigenvalue weighted by atomic mass is 10.1. The van der Waals surface area contributed by atoms with Crippen molar-refractivity contribution in [1.82, 2.24) is 5.32 Å². The van der Waals surface area contributed by atoms with Crippen LogP contribution in [0.15, 0.2) is 0 Å². The summed E-state index contributed by atoms with van der Waals surface area (Å²) in [6.45, 7) is 1.28. The van der Waals surface area contributed by atoms with Crippen LogP contribution in [0.1, 0.15) is 26.2 Å². The van der Waals surface area contributed by atoms with Gasteiger partial charge in [-0.15, -0.1) is 0 Å². The highest BCUT2D eigenvalue weighted by Crippen LogP contribution is 1.99. The Morgan fingerprint density at radius 3 is 2.17 bits per heavy atom. The van der Waals surface area contributed by atoms with Gasteiger partial charge in [-0.3, -0.25) is 14.4 Å². The van der Waals surface area contributed by atoms with Crippen LogP contribution in [0.5, 0.6) is 0 Å². The van der Waals surface area contributed by atoms with Crippen LogP contribution in [0, 0.1) is 0 Å². The lowest BCUT2D eigenvalue weighted by molar-refractivity contribution is -0.147. The first-order valence-corrected chi connectivity index (χ1v) is 5.24. The van der Waals surface area contributed by atoms with Gasteiger partial charge in [-0.25, -0.2) is 4.79 Å². The van der Waals surface area contributed by atoms with Gasteiger partial charge in [-0.05, 0) is 13.3 Å². The number of carboxylic acids is 2. The van der Waals surface area contributed by atoms with E-state index in [4.69, 9.17) is 15.9 Å². The van der Waals surface area contributed by atoms with Crippen molar-refractivity contribution in [1.29, 1.82) is 0 Å². The molecule has 0 aliphatic carbocycles. The summed E-state index contributed by atoms with van der Waals surface area (Å²) in [4.78, 5) is 43.2. The second-order valence-electron chi connectivity index (χ2n) is 3.81. The van der Waals surface area contributed by atoms with Crippen molar-refractivity contribution < 1.29 is 29.4 Å². The van der Waals surface area contributed by atoms with E-state index in [9.17, 15) is 19.2 Å². The Morgan fingerprint density at radius 1 is 1.22 bits per heavy atom. The molecule has 0 heterocycles. The number of ketones is 1. The number of nitrogens with two attached hydrogens (primary N) is 1. The number of Topliss-reactive ketones (excluding diaryl/α,β-unsaturated/α-hetero) is 1. The maximum Gasteiger partial charge on any atom is 0.326 e. The number of amides is 1. The monoisotopic (exact) mass is 260 g/mol. The van der Waals surface area contributed by atoms with Crippen molar-refractivity contribution in [3.8, 4) is 0 Å². The van der Waals surface area contributed by atoms with Crippen LogP contribution in [-0.2, 0) is 19.2 Å². The van der Waals surface area contributed by atoms with Gasteiger partial charge in [0.15, 0.2) is 0 Å². The molecule has 8 heteroatoms. The molecule has 0 aromatic heterocycles. The van der Waals surface area contributed by atoms with Crippen LogP contribution in [0.3, 0.4) is 0 Å². The third-order valence-corrected chi connectivity index (χ3v) is 2.22. The highest BCUT2D eigenvalue weighted by atomic mass is 16.4. The van der Waals surface area contributed by atoms with Crippen molar-refractivity contribution in [2.75, 3.05) is 0 Å². The van der Waals surface area contributed by atoms with E-state index in [1.165, 1.54) is 6.92 Å². The Balaban J connectivity index is 4.22. The van der Waals surface area contributed by atoms with Gasteiger partial charge < -0.3 is 21.3 Å². The van der Waals surface area contributed by atoms with Gasteiger partial charge in [0.05, 0.1) is 12.5 Å². The van der Waals surface area contributed by atoms with Gasteiger partial charge in [0.2, 0.25) is 5.91 Å². The van der Waals surface area contributed by atoms with Crippen molar-refractivity contribution >= 4 is 23.6 Å². The zero-order chi connectivity index (χ0) is 14.3. The first-order valence-electron chi connectivity index (χ1n) is 5.24. The second-order valence-corrected chi connectivity index (χ2v) is 3.81. The van der Waals surface area contributed by atoms with Gasteiger partial charge in [-0.1, -0.05) is 0 Å². The molecule has 0 radical (unpaired) electrons. The Bertz CT molecular complexity index is 354. The number of aliphatic carboxylic acids is 2. The fourth-order valence-corrected chi connectivity index (χ4v) is 1.13. The van der Waals surface area contributed by atoms with E-state index in [1.54, 1.807) is 0 Å². The molecule has 0 fully saturated rings. The minimum absolute atomic E-state index is 0.0839. The van der Waals surface area contributed by atoms with Crippen LogP contribution in [0.4, 0.5) is 0 Å². The Morgan fingerprint density at radius 2 is 1.78 bits per heavy atom. The van der Waals surface area contributed by atoms with Crippen LogP contribution < -0.4 is 11.1 Å². The van der Waals surface area contributed by atoms with Crippen molar-refractivity contribution in [2.24, 2.45) is 5.73 Å². The Hall–Kier alpha value is -1.96. The normalized spacial score (nSPS) is 13.4. The fourth-order valence-electron chi connectivity index (χ4n) is 1.13. The van der Waals surface area contributed by atoms with Crippen LogP contribution in [0.25, 0.3) is 0 Å². The number of carbonyl (C=O) groups is 4. The molecule has 0 saturated heterocycles. The van der Waals surface area contributed by atoms with Crippen LogP contribution in [-0.4, -0.2) is 45.9 Å².